The van der Waals surface area contributed by atoms with Crippen LogP contribution in [0.25, 0.3) is 32.9 Å². The van der Waals surface area contributed by atoms with Crippen LogP contribution in [0.5, 0.6) is 5.75 Å². The van der Waals surface area contributed by atoms with Crippen molar-refractivity contribution in [1.82, 2.24) is 0 Å². The fourth-order valence-corrected chi connectivity index (χ4v) is 2.70. The number of nitrogens with two attached hydrogens (primary N) is 2. The largest absolute Gasteiger partial charge is 0.497 e. The molecule has 4 rings (SSSR count). The summed E-state index contributed by atoms with van der Waals surface area (Å²) < 4.78 is 10.8. The predicted molar refractivity (Wildman–Crippen MR) is 93.1 cm³/mol. The number of furan rings is 1. The number of carbonyl (C=O) groups excluding carboxylic acids is 2. The monoisotopic (exact) mass is 338 g/mol. The summed E-state index contributed by atoms with van der Waals surface area (Å²) in [4.78, 5) is 31.8. The van der Waals surface area contributed by atoms with E-state index in [1.165, 1.54) is 0 Å². The van der Waals surface area contributed by atoms with Crippen LogP contribution < -0.4 is 21.6 Å². The molecule has 7 heteroatoms. The molecule has 0 unspecified atom stereocenters. The van der Waals surface area contributed by atoms with Crippen molar-refractivity contribution in [2.45, 2.75) is 0 Å². The Morgan fingerprint density at radius 2 is 1.80 bits per heavy atom. The third-order valence-electron chi connectivity index (χ3n) is 3.86. The van der Waals surface area contributed by atoms with Gasteiger partial charge in [0.05, 0.1) is 7.11 Å². The van der Waals surface area contributed by atoms with Crippen LogP contribution in [-0.2, 0) is 4.79 Å². The SMILES string of the molecule is COc1ccc2c(-c3ccc4c(=O)c4c3)c(C(N)=O)oc2c1.NC=O. The Morgan fingerprint density at radius 3 is 2.40 bits per heavy atom. The van der Waals surface area contributed by atoms with E-state index in [4.69, 9.17) is 19.7 Å². The first kappa shape index (κ1) is 16.3. The highest BCUT2D eigenvalue weighted by atomic mass is 16.5. The lowest BCUT2D eigenvalue weighted by atomic mass is 10.0. The Balaban J connectivity index is 0.000000569. The number of rotatable bonds is 3. The molecule has 1 aromatic heterocycles. The van der Waals surface area contributed by atoms with Crippen molar-refractivity contribution >= 4 is 34.1 Å². The van der Waals surface area contributed by atoms with Gasteiger partial charge >= 0.3 is 0 Å². The molecular formula is C18H14N2O5. The van der Waals surface area contributed by atoms with Gasteiger partial charge in [-0.1, -0.05) is 6.07 Å². The summed E-state index contributed by atoms with van der Waals surface area (Å²) in [5.74, 6) is 0.0528. The third kappa shape index (κ3) is 2.72. The molecule has 0 saturated heterocycles. The number of hydrogen-bond donors (Lipinski definition) is 2. The molecule has 0 saturated carbocycles. The quantitative estimate of drug-likeness (QED) is 0.550. The zero-order valence-corrected chi connectivity index (χ0v) is 13.2. The molecule has 0 aliphatic heterocycles. The fourth-order valence-electron chi connectivity index (χ4n) is 2.70. The van der Waals surface area contributed by atoms with Crippen LogP contribution in [0, 0.1) is 0 Å². The summed E-state index contributed by atoms with van der Waals surface area (Å²) in [5, 5.41) is 2.15. The molecule has 7 nitrogen and oxygen atoms in total. The molecule has 0 radical (unpaired) electrons. The zero-order chi connectivity index (χ0) is 18.1. The van der Waals surface area contributed by atoms with E-state index < -0.39 is 5.91 Å². The smallest absolute Gasteiger partial charge is 0.285 e. The van der Waals surface area contributed by atoms with Gasteiger partial charge in [0.2, 0.25) is 6.41 Å². The van der Waals surface area contributed by atoms with Gasteiger partial charge in [-0.2, -0.15) is 0 Å². The van der Waals surface area contributed by atoms with Crippen molar-refractivity contribution in [1.29, 1.82) is 0 Å². The molecule has 0 bridgehead atoms. The lowest BCUT2D eigenvalue weighted by Gasteiger charge is -2.01. The van der Waals surface area contributed by atoms with Gasteiger partial charge in [0.25, 0.3) is 5.91 Å². The second-order valence-electron chi connectivity index (χ2n) is 5.26. The molecule has 0 fully saturated rings. The highest BCUT2D eigenvalue weighted by molar-refractivity contribution is 6.10. The summed E-state index contributed by atoms with van der Waals surface area (Å²) in [5.41, 5.74) is 11.5. The Labute approximate surface area is 141 Å². The van der Waals surface area contributed by atoms with E-state index in [0.717, 1.165) is 16.3 Å². The van der Waals surface area contributed by atoms with Crippen molar-refractivity contribution in [3.8, 4) is 16.9 Å². The topological polar surface area (TPSA) is 126 Å². The van der Waals surface area contributed by atoms with E-state index in [2.05, 4.69) is 5.73 Å². The molecule has 0 spiro atoms. The lowest BCUT2D eigenvalue weighted by molar-refractivity contribution is -0.106. The standard InChI is InChI=1S/C17H11NO4.CH3NO/c1-21-9-3-5-11-13(7-9)22-16(17(18)20)14(11)8-2-4-10-12(6-8)15(10)19;2-1-3/h2-7H,1H3,(H2,18,20);1H,(H2,2,3). The molecule has 25 heavy (non-hydrogen) atoms. The van der Waals surface area contributed by atoms with Crippen LogP contribution in [0.15, 0.2) is 45.6 Å². The normalized spacial score (nSPS) is 10.6. The molecule has 3 aromatic carbocycles. The first-order valence-corrected chi connectivity index (χ1v) is 7.26. The predicted octanol–water partition coefficient (Wildman–Crippen LogP) is 1.70. The maximum Gasteiger partial charge on any atom is 0.285 e. The first-order chi connectivity index (χ1) is 12.0. The van der Waals surface area contributed by atoms with Gasteiger partial charge < -0.3 is 20.6 Å². The van der Waals surface area contributed by atoms with Crippen molar-refractivity contribution in [3.63, 3.8) is 0 Å². The highest BCUT2D eigenvalue weighted by Crippen LogP contribution is 2.37. The average Bonchev–Trinajstić information content (AvgIpc) is 3.08. The van der Waals surface area contributed by atoms with Crippen molar-refractivity contribution in [2.24, 2.45) is 11.5 Å². The summed E-state index contributed by atoms with van der Waals surface area (Å²) >= 11 is 0. The average molecular weight is 338 g/mol. The Kier molecular flexibility index (Phi) is 3.98. The maximum absolute atomic E-state index is 11.7. The molecule has 0 aliphatic carbocycles. The number of methoxy groups -OCH3 is 1. The number of carbonyl (C=O) groups is 2. The second kappa shape index (κ2) is 6.12. The van der Waals surface area contributed by atoms with Crippen molar-refractivity contribution in [3.05, 3.63) is 52.4 Å². The number of benzene rings is 2. The number of fused-ring (bicyclic) bond motifs is 2. The Bertz CT molecular complexity index is 1120. The van der Waals surface area contributed by atoms with Gasteiger partial charge in [-0.05, 0) is 29.8 Å². The van der Waals surface area contributed by atoms with Gasteiger partial charge in [-0.15, -0.1) is 0 Å². The van der Waals surface area contributed by atoms with E-state index >= 15 is 0 Å². The first-order valence-electron chi connectivity index (χ1n) is 7.26. The molecular weight excluding hydrogens is 324 g/mol. The summed E-state index contributed by atoms with van der Waals surface area (Å²) in [6, 6.07) is 10.6. The van der Waals surface area contributed by atoms with E-state index in [1.54, 1.807) is 37.4 Å². The molecule has 0 atom stereocenters. The van der Waals surface area contributed by atoms with Crippen LogP contribution in [0.2, 0.25) is 0 Å². The maximum atomic E-state index is 11.7. The molecule has 4 N–H and O–H groups in total. The lowest BCUT2D eigenvalue weighted by Crippen LogP contribution is -2.10. The number of amides is 2. The third-order valence-corrected chi connectivity index (χ3v) is 3.86. The number of primary amides is 2. The van der Waals surface area contributed by atoms with Crippen molar-refractivity contribution < 1.29 is 18.7 Å². The van der Waals surface area contributed by atoms with E-state index in [9.17, 15) is 9.59 Å². The van der Waals surface area contributed by atoms with Crippen LogP contribution in [-0.4, -0.2) is 19.4 Å². The molecule has 1 heterocycles. The fraction of sp³-hybridized carbons (Fsp3) is 0.0556. The summed E-state index contributed by atoms with van der Waals surface area (Å²) in [6.07, 6.45) is 0.250. The van der Waals surface area contributed by atoms with E-state index in [1.807, 2.05) is 6.07 Å². The Hall–Kier alpha value is -3.61. The van der Waals surface area contributed by atoms with Gasteiger partial charge in [-0.3, -0.25) is 14.4 Å². The van der Waals surface area contributed by atoms with Gasteiger partial charge in [0.1, 0.15) is 11.3 Å². The molecule has 2 amide bonds. The van der Waals surface area contributed by atoms with Crippen LogP contribution in [0.4, 0.5) is 0 Å². The molecule has 126 valence electrons. The van der Waals surface area contributed by atoms with Gasteiger partial charge in [-0.25, -0.2) is 0 Å². The Morgan fingerprint density at radius 1 is 1.12 bits per heavy atom. The summed E-state index contributed by atoms with van der Waals surface area (Å²) in [7, 11) is 1.55. The minimum Gasteiger partial charge on any atom is -0.497 e. The summed E-state index contributed by atoms with van der Waals surface area (Å²) in [6.45, 7) is 0. The highest BCUT2D eigenvalue weighted by Gasteiger charge is 2.22. The van der Waals surface area contributed by atoms with Crippen LogP contribution in [0.1, 0.15) is 10.6 Å². The minimum absolute atomic E-state index is 0.0429. The van der Waals surface area contributed by atoms with E-state index in [0.29, 0.717) is 22.3 Å². The van der Waals surface area contributed by atoms with Gasteiger partial charge in [0.15, 0.2) is 11.2 Å². The van der Waals surface area contributed by atoms with E-state index in [-0.39, 0.29) is 17.6 Å². The number of hydrogen-bond acceptors (Lipinski definition) is 5. The minimum atomic E-state index is -0.652. The number of ether oxygens (including phenoxy) is 1. The zero-order valence-electron chi connectivity index (χ0n) is 13.2. The molecule has 0 aliphatic rings. The molecule has 4 aromatic rings. The van der Waals surface area contributed by atoms with Crippen molar-refractivity contribution in [2.75, 3.05) is 7.11 Å². The van der Waals surface area contributed by atoms with Gasteiger partial charge in [0, 0.05) is 27.8 Å². The van der Waals surface area contributed by atoms with Crippen LogP contribution in [0.3, 0.4) is 0 Å². The van der Waals surface area contributed by atoms with Crippen LogP contribution >= 0.6 is 0 Å². The second-order valence-corrected chi connectivity index (χ2v) is 5.26.